The molecule has 0 aromatic heterocycles. The van der Waals surface area contributed by atoms with Gasteiger partial charge in [0.25, 0.3) is 0 Å². The number of hydrazine groups is 1. The number of rotatable bonds is 7. The Hall–Kier alpha value is -0.920. The zero-order valence-electron chi connectivity index (χ0n) is 13.6. The third kappa shape index (κ3) is 9.73. The minimum absolute atomic E-state index is 0.461. The van der Waals surface area contributed by atoms with Gasteiger partial charge in [-0.25, -0.2) is 0 Å². The zero-order chi connectivity index (χ0) is 17.1. The Kier molecular flexibility index (Phi) is 10.1. The summed E-state index contributed by atoms with van der Waals surface area (Å²) in [6, 6.07) is 7.78. The number of hydrogen-bond acceptors (Lipinski definition) is 2. The molecule has 0 saturated carbocycles. The molecule has 1 rings (SSSR count). The summed E-state index contributed by atoms with van der Waals surface area (Å²) in [6.07, 6.45) is 5.05. The summed E-state index contributed by atoms with van der Waals surface area (Å²) < 4.78 is 0.993. The molecule has 0 aliphatic heterocycles. The molecule has 0 radical (unpaired) electrons. The minimum Gasteiger partial charge on any atom is -0.361 e. The molecule has 7 heteroatoms. The van der Waals surface area contributed by atoms with Crippen LogP contribution in [0.1, 0.15) is 39.5 Å². The maximum atomic E-state index is 5.23. The van der Waals surface area contributed by atoms with E-state index in [0.29, 0.717) is 16.1 Å². The molecule has 0 aliphatic rings. The average molecular weight is 417 g/mol. The lowest BCUT2D eigenvalue weighted by molar-refractivity contribution is 0.486. The average Bonchev–Trinajstić information content (AvgIpc) is 2.51. The van der Waals surface area contributed by atoms with Crippen LogP contribution >= 0.6 is 40.4 Å². The Labute approximate surface area is 158 Å². The fourth-order valence-electron chi connectivity index (χ4n) is 2.00. The fourth-order valence-corrected chi connectivity index (χ4v) is 2.70. The van der Waals surface area contributed by atoms with Gasteiger partial charge in [0.15, 0.2) is 10.2 Å². The van der Waals surface area contributed by atoms with Gasteiger partial charge in [-0.15, -0.1) is 0 Å². The van der Waals surface area contributed by atoms with Gasteiger partial charge in [-0.05, 0) is 55.0 Å². The van der Waals surface area contributed by atoms with Crippen LogP contribution in [0.2, 0.25) is 0 Å². The van der Waals surface area contributed by atoms with Gasteiger partial charge in [-0.3, -0.25) is 10.9 Å². The number of hydrogen-bond donors (Lipinski definition) is 4. The zero-order valence-corrected chi connectivity index (χ0v) is 16.8. The summed E-state index contributed by atoms with van der Waals surface area (Å²) in [5, 5.41) is 7.29. The fraction of sp³-hybridized carbons (Fsp3) is 0.500. The minimum atomic E-state index is 0.461. The van der Waals surface area contributed by atoms with Gasteiger partial charge in [-0.1, -0.05) is 55.1 Å². The topological polar surface area (TPSA) is 48.1 Å². The lowest BCUT2D eigenvalue weighted by Gasteiger charge is -2.17. The highest BCUT2D eigenvalue weighted by molar-refractivity contribution is 9.10. The van der Waals surface area contributed by atoms with Gasteiger partial charge in [0, 0.05) is 16.7 Å². The van der Waals surface area contributed by atoms with E-state index in [9.17, 15) is 0 Å². The van der Waals surface area contributed by atoms with Crippen molar-refractivity contribution in [2.75, 3.05) is 11.9 Å². The molecule has 4 N–H and O–H groups in total. The van der Waals surface area contributed by atoms with E-state index in [-0.39, 0.29) is 0 Å². The number of nitrogens with one attached hydrogen (secondary N) is 4. The SMILES string of the molecule is CCCCC[C@@H](C)CNC(=S)NNC(=S)Nc1cccc(Br)c1. The summed E-state index contributed by atoms with van der Waals surface area (Å²) in [7, 11) is 0. The van der Waals surface area contributed by atoms with E-state index in [1.807, 2.05) is 24.3 Å². The molecule has 4 nitrogen and oxygen atoms in total. The van der Waals surface area contributed by atoms with Crippen molar-refractivity contribution in [1.29, 1.82) is 0 Å². The van der Waals surface area contributed by atoms with E-state index >= 15 is 0 Å². The van der Waals surface area contributed by atoms with E-state index in [1.165, 1.54) is 25.7 Å². The van der Waals surface area contributed by atoms with Crippen LogP contribution in [0.3, 0.4) is 0 Å². The monoisotopic (exact) mass is 416 g/mol. The molecule has 1 aromatic rings. The van der Waals surface area contributed by atoms with Crippen molar-refractivity contribution in [1.82, 2.24) is 16.2 Å². The molecule has 23 heavy (non-hydrogen) atoms. The normalized spacial score (nSPS) is 11.4. The Balaban J connectivity index is 2.18. The Morgan fingerprint density at radius 1 is 1.17 bits per heavy atom. The first kappa shape index (κ1) is 20.1. The third-order valence-corrected chi connectivity index (χ3v) is 4.23. The van der Waals surface area contributed by atoms with Crippen LogP contribution in [-0.4, -0.2) is 16.8 Å². The predicted octanol–water partition coefficient (Wildman–Crippen LogP) is 4.33. The number of anilines is 1. The van der Waals surface area contributed by atoms with Crippen molar-refractivity contribution < 1.29 is 0 Å². The van der Waals surface area contributed by atoms with Gasteiger partial charge in [0.1, 0.15) is 0 Å². The standard InChI is InChI=1S/C16H25BrN4S2/c1-3-4-5-7-12(2)11-18-15(22)20-21-16(23)19-14-9-6-8-13(17)10-14/h6,8-10,12H,3-5,7,11H2,1-2H3,(H2,18,20,22)(H2,19,21,23)/t12-/m1/s1. The lowest BCUT2D eigenvalue weighted by Crippen LogP contribution is -2.48. The van der Waals surface area contributed by atoms with Crippen molar-refractivity contribution in [2.24, 2.45) is 5.92 Å². The molecule has 0 amide bonds. The first-order chi connectivity index (χ1) is 11.0. The first-order valence-electron chi connectivity index (χ1n) is 7.87. The maximum Gasteiger partial charge on any atom is 0.189 e. The van der Waals surface area contributed by atoms with Crippen LogP contribution in [0.15, 0.2) is 28.7 Å². The molecule has 0 fully saturated rings. The number of benzene rings is 1. The summed E-state index contributed by atoms with van der Waals surface area (Å²) >= 11 is 13.9. The predicted molar refractivity (Wildman–Crippen MR) is 111 cm³/mol. The summed E-state index contributed by atoms with van der Waals surface area (Å²) in [6.45, 7) is 5.32. The molecule has 0 saturated heterocycles. The quantitative estimate of drug-likeness (QED) is 0.301. The molecule has 1 atom stereocenters. The first-order valence-corrected chi connectivity index (χ1v) is 9.48. The van der Waals surface area contributed by atoms with E-state index in [0.717, 1.165) is 16.7 Å². The largest absolute Gasteiger partial charge is 0.361 e. The Bertz CT molecular complexity index is 511. The smallest absolute Gasteiger partial charge is 0.189 e. The van der Waals surface area contributed by atoms with Crippen LogP contribution in [0.5, 0.6) is 0 Å². The maximum absolute atomic E-state index is 5.23. The molecule has 0 aliphatic carbocycles. The van der Waals surface area contributed by atoms with Gasteiger partial charge in [0.05, 0.1) is 0 Å². The van der Waals surface area contributed by atoms with Gasteiger partial charge in [-0.2, -0.15) is 0 Å². The molecular weight excluding hydrogens is 392 g/mol. The highest BCUT2D eigenvalue weighted by Gasteiger charge is 2.03. The Morgan fingerprint density at radius 3 is 2.61 bits per heavy atom. The molecule has 0 bridgehead atoms. The van der Waals surface area contributed by atoms with Crippen LogP contribution in [0.25, 0.3) is 0 Å². The van der Waals surface area contributed by atoms with E-state index < -0.39 is 0 Å². The molecule has 0 heterocycles. The highest BCUT2D eigenvalue weighted by Crippen LogP contribution is 2.15. The van der Waals surface area contributed by atoms with E-state index in [4.69, 9.17) is 24.4 Å². The Morgan fingerprint density at radius 2 is 1.91 bits per heavy atom. The molecular formula is C16H25BrN4S2. The highest BCUT2D eigenvalue weighted by atomic mass is 79.9. The second-order valence-corrected chi connectivity index (χ2v) is 7.26. The van der Waals surface area contributed by atoms with E-state index in [1.54, 1.807) is 0 Å². The molecule has 128 valence electrons. The van der Waals surface area contributed by atoms with Crippen molar-refractivity contribution in [3.8, 4) is 0 Å². The number of unbranched alkanes of at least 4 members (excludes halogenated alkanes) is 2. The third-order valence-electron chi connectivity index (χ3n) is 3.28. The van der Waals surface area contributed by atoms with Gasteiger partial charge in [0.2, 0.25) is 0 Å². The van der Waals surface area contributed by atoms with Crippen LogP contribution in [0.4, 0.5) is 5.69 Å². The second kappa shape index (κ2) is 11.6. The van der Waals surface area contributed by atoms with Gasteiger partial charge >= 0.3 is 0 Å². The van der Waals surface area contributed by atoms with Crippen LogP contribution in [-0.2, 0) is 0 Å². The number of thiocarbonyl (C=S) groups is 2. The van der Waals surface area contributed by atoms with Crippen molar-refractivity contribution in [3.05, 3.63) is 28.7 Å². The second-order valence-electron chi connectivity index (χ2n) is 5.53. The summed E-state index contributed by atoms with van der Waals surface area (Å²) in [5.74, 6) is 0.605. The lowest BCUT2D eigenvalue weighted by atomic mass is 10.0. The van der Waals surface area contributed by atoms with Crippen molar-refractivity contribution in [2.45, 2.75) is 39.5 Å². The number of halogens is 1. The van der Waals surface area contributed by atoms with Crippen molar-refractivity contribution in [3.63, 3.8) is 0 Å². The van der Waals surface area contributed by atoms with E-state index in [2.05, 4.69) is 51.3 Å². The summed E-state index contributed by atoms with van der Waals surface area (Å²) in [4.78, 5) is 0. The van der Waals surface area contributed by atoms with Crippen molar-refractivity contribution >= 4 is 56.3 Å². The van der Waals surface area contributed by atoms with Crippen LogP contribution < -0.4 is 21.5 Å². The van der Waals surface area contributed by atoms with Crippen LogP contribution in [0, 0.1) is 5.92 Å². The molecule has 0 unspecified atom stereocenters. The summed E-state index contributed by atoms with van der Waals surface area (Å²) in [5.41, 5.74) is 6.68. The molecule has 1 aromatic carbocycles. The molecule has 0 spiro atoms. The van der Waals surface area contributed by atoms with Gasteiger partial charge < -0.3 is 10.6 Å².